The first kappa shape index (κ1) is 22.3. The Bertz CT molecular complexity index is 882. The molecule has 29 heavy (non-hydrogen) atoms. The van der Waals surface area contributed by atoms with Crippen molar-refractivity contribution < 1.29 is 24.2 Å². The van der Waals surface area contributed by atoms with Gasteiger partial charge in [0.2, 0.25) is 5.91 Å². The Labute approximate surface area is 170 Å². The quantitative estimate of drug-likeness (QED) is 0.566. The molecule has 0 aliphatic rings. The first-order valence-electron chi connectivity index (χ1n) is 9.55. The Morgan fingerprint density at radius 1 is 1.14 bits per heavy atom. The molecule has 4 N–H and O–H groups in total. The molecule has 1 aromatic carbocycles. The van der Waals surface area contributed by atoms with Crippen LogP contribution in [0.4, 0.5) is 4.79 Å². The maximum absolute atomic E-state index is 12.7. The molecule has 0 unspecified atom stereocenters. The first-order chi connectivity index (χ1) is 13.5. The molecule has 0 spiro atoms. The molecule has 2 amide bonds. The second kappa shape index (κ2) is 8.98. The Balaban J connectivity index is 2.12. The van der Waals surface area contributed by atoms with Gasteiger partial charge in [0.1, 0.15) is 17.7 Å². The second-order valence-electron chi connectivity index (χ2n) is 8.33. The highest BCUT2D eigenvalue weighted by Gasteiger charge is 2.30. The molecule has 158 valence electrons. The SMILES string of the molecule is CC(C)[C@H](NC(=O)OC(C)(C)C)C(=O)N[C@@H](Cc1c[nH]c2ccccc12)C(=O)O. The summed E-state index contributed by atoms with van der Waals surface area (Å²) in [7, 11) is 0. The normalized spacial score (nSPS) is 13.7. The van der Waals surface area contributed by atoms with Crippen LogP contribution in [0.25, 0.3) is 10.9 Å². The van der Waals surface area contributed by atoms with Crippen molar-refractivity contribution in [3.63, 3.8) is 0 Å². The minimum Gasteiger partial charge on any atom is -0.480 e. The summed E-state index contributed by atoms with van der Waals surface area (Å²) in [6.45, 7) is 8.68. The number of amides is 2. The molecule has 0 bridgehead atoms. The highest BCUT2D eigenvalue weighted by Crippen LogP contribution is 2.19. The highest BCUT2D eigenvalue weighted by molar-refractivity contribution is 5.90. The van der Waals surface area contributed by atoms with E-state index in [0.717, 1.165) is 16.5 Å². The topological polar surface area (TPSA) is 121 Å². The van der Waals surface area contributed by atoms with Gasteiger partial charge in [-0.25, -0.2) is 9.59 Å². The lowest BCUT2D eigenvalue weighted by atomic mass is 10.0. The zero-order chi connectivity index (χ0) is 21.8. The number of carbonyl (C=O) groups excluding carboxylic acids is 2. The average Bonchev–Trinajstić information content (AvgIpc) is 3.00. The summed E-state index contributed by atoms with van der Waals surface area (Å²) in [4.78, 5) is 39.7. The number of aliphatic carboxylic acids is 1. The van der Waals surface area contributed by atoms with E-state index in [0.29, 0.717) is 0 Å². The minimum atomic E-state index is -1.15. The monoisotopic (exact) mass is 403 g/mol. The number of aromatic amines is 1. The van der Waals surface area contributed by atoms with Crippen LogP contribution in [0.3, 0.4) is 0 Å². The zero-order valence-corrected chi connectivity index (χ0v) is 17.4. The molecule has 0 fully saturated rings. The van der Waals surface area contributed by atoms with E-state index in [1.807, 2.05) is 24.3 Å². The lowest BCUT2D eigenvalue weighted by Gasteiger charge is -2.26. The third kappa shape index (κ3) is 6.23. The number of fused-ring (bicyclic) bond motifs is 1. The van der Waals surface area contributed by atoms with E-state index >= 15 is 0 Å². The molecule has 0 aliphatic heterocycles. The van der Waals surface area contributed by atoms with Crippen molar-refractivity contribution in [2.75, 3.05) is 0 Å². The van der Waals surface area contributed by atoms with E-state index in [4.69, 9.17) is 4.74 Å². The smallest absolute Gasteiger partial charge is 0.408 e. The van der Waals surface area contributed by atoms with E-state index in [-0.39, 0.29) is 12.3 Å². The molecule has 2 rings (SSSR count). The molecule has 0 radical (unpaired) electrons. The summed E-state index contributed by atoms with van der Waals surface area (Å²) < 4.78 is 5.20. The van der Waals surface area contributed by atoms with Crippen molar-refractivity contribution in [2.45, 2.75) is 58.7 Å². The molecule has 8 heteroatoms. The fourth-order valence-electron chi connectivity index (χ4n) is 2.95. The number of para-hydroxylation sites is 1. The third-order valence-electron chi connectivity index (χ3n) is 4.33. The fraction of sp³-hybridized carbons (Fsp3) is 0.476. The van der Waals surface area contributed by atoms with Crippen molar-refractivity contribution in [1.29, 1.82) is 0 Å². The Morgan fingerprint density at radius 3 is 2.38 bits per heavy atom. The van der Waals surface area contributed by atoms with Crippen LogP contribution < -0.4 is 10.6 Å². The van der Waals surface area contributed by atoms with Crippen LogP contribution in [0.5, 0.6) is 0 Å². The lowest BCUT2D eigenvalue weighted by Crippen LogP contribution is -2.54. The molecule has 1 aromatic heterocycles. The Hall–Kier alpha value is -3.03. The molecular weight excluding hydrogens is 374 g/mol. The van der Waals surface area contributed by atoms with E-state index in [1.165, 1.54) is 0 Å². The van der Waals surface area contributed by atoms with Crippen molar-refractivity contribution in [2.24, 2.45) is 5.92 Å². The van der Waals surface area contributed by atoms with Gasteiger partial charge in [-0.15, -0.1) is 0 Å². The predicted octanol–water partition coefficient (Wildman–Crippen LogP) is 2.83. The molecule has 2 atom stereocenters. The van der Waals surface area contributed by atoms with E-state index in [2.05, 4.69) is 15.6 Å². The van der Waals surface area contributed by atoms with Gasteiger partial charge in [0.05, 0.1) is 0 Å². The van der Waals surface area contributed by atoms with Gasteiger partial charge in [0.25, 0.3) is 0 Å². The number of carbonyl (C=O) groups is 3. The van der Waals surface area contributed by atoms with E-state index in [9.17, 15) is 19.5 Å². The van der Waals surface area contributed by atoms with Crippen LogP contribution >= 0.6 is 0 Å². The largest absolute Gasteiger partial charge is 0.480 e. The van der Waals surface area contributed by atoms with Crippen molar-refractivity contribution in [3.05, 3.63) is 36.0 Å². The van der Waals surface area contributed by atoms with Gasteiger partial charge in [-0.1, -0.05) is 32.0 Å². The van der Waals surface area contributed by atoms with Gasteiger partial charge in [-0.2, -0.15) is 0 Å². The minimum absolute atomic E-state index is 0.113. The number of H-pyrrole nitrogens is 1. The average molecular weight is 403 g/mol. The number of aromatic nitrogens is 1. The van der Waals surface area contributed by atoms with Gasteiger partial charge in [0.15, 0.2) is 0 Å². The summed E-state index contributed by atoms with van der Waals surface area (Å²) in [5.74, 6) is -1.98. The van der Waals surface area contributed by atoms with Gasteiger partial charge in [-0.3, -0.25) is 4.79 Å². The van der Waals surface area contributed by atoms with Crippen LogP contribution in [0.2, 0.25) is 0 Å². The number of hydrogen-bond donors (Lipinski definition) is 4. The maximum Gasteiger partial charge on any atom is 0.408 e. The molecule has 0 saturated carbocycles. The van der Waals surface area contributed by atoms with Gasteiger partial charge in [-0.05, 0) is 38.3 Å². The lowest BCUT2D eigenvalue weighted by molar-refractivity contribution is -0.142. The van der Waals surface area contributed by atoms with Crippen molar-refractivity contribution in [3.8, 4) is 0 Å². The molecule has 8 nitrogen and oxygen atoms in total. The van der Waals surface area contributed by atoms with E-state index < -0.39 is 35.7 Å². The number of hydrogen-bond acceptors (Lipinski definition) is 4. The van der Waals surface area contributed by atoms with Crippen LogP contribution in [-0.2, 0) is 20.7 Å². The van der Waals surface area contributed by atoms with Crippen LogP contribution in [0.1, 0.15) is 40.2 Å². The summed E-state index contributed by atoms with van der Waals surface area (Å²) in [6.07, 6.45) is 1.13. The molecule has 1 heterocycles. The van der Waals surface area contributed by atoms with Gasteiger partial charge >= 0.3 is 12.1 Å². The van der Waals surface area contributed by atoms with Crippen molar-refractivity contribution in [1.82, 2.24) is 15.6 Å². The third-order valence-corrected chi connectivity index (χ3v) is 4.33. The molecule has 2 aromatic rings. The maximum atomic E-state index is 12.7. The van der Waals surface area contributed by atoms with E-state index in [1.54, 1.807) is 40.8 Å². The van der Waals surface area contributed by atoms with Crippen LogP contribution in [0, 0.1) is 5.92 Å². The van der Waals surface area contributed by atoms with Gasteiger partial charge < -0.3 is 25.5 Å². The number of carboxylic acid groups (broad SMARTS) is 1. The highest BCUT2D eigenvalue weighted by atomic mass is 16.6. The predicted molar refractivity (Wildman–Crippen MR) is 110 cm³/mol. The zero-order valence-electron chi connectivity index (χ0n) is 17.4. The first-order valence-corrected chi connectivity index (χ1v) is 9.55. The summed E-state index contributed by atoms with van der Waals surface area (Å²) in [6, 6.07) is 5.48. The number of alkyl carbamates (subject to hydrolysis) is 1. The second-order valence-corrected chi connectivity index (χ2v) is 8.33. The summed E-state index contributed by atoms with van der Waals surface area (Å²) in [5.41, 5.74) is 0.972. The number of ether oxygens (including phenoxy) is 1. The summed E-state index contributed by atoms with van der Waals surface area (Å²) in [5, 5.41) is 15.6. The van der Waals surface area contributed by atoms with Crippen molar-refractivity contribution >= 4 is 28.9 Å². The molecule has 0 saturated heterocycles. The Morgan fingerprint density at radius 2 is 1.79 bits per heavy atom. The number of carboxylic acids is 1. The fourth-order valence-corrected chi connectivity index (χ4v) is 2.95. The standard InChI is InChI=1S/C21H29N3O5/c1-12(2)17(24-20(28)29-21(3,4)5)18(25)23-16(19(26)27)10-13-11-22-15-9-7-6-8-14(13)15/h6-9,11-12,16-17,22H,10H2,1-5H3,(H,23,25)(H,24,28)(H,26,27)/t16-,17-/m0/s1. The Kier molecular flexibility index (Phi) is 6.89. The number of benzene rings is 1. The molecular formula is C21H29N3O5. The number of rotatable bonds is 7. The van der Waals surface area contributed by atoms with Crippen LogP contribution in [-0.4, -0.2) is 45.7 Å². The van der Waals surface area contributed by atoms with Crippen LogP contribution in [0.15, 0.2) is 30.5 Å². The number of nitrogens with one attached hydrogen (secondary N) is 3. The van der Waals surface area contributed by atoms with Gasteiger partial charge in [0, 0.05) is 23.5 Å². The summed E-state index contributed by atoms with van der Waals surface area (Å²) >= 11 is 0. The molecule has 0 aliphatic carbocycles.